The number of ether oxygens (including phenoxy) is 1. The predicted octanol–water partition coefficient (Wildman–Crippen LogP) is 0.172. The molecule has 1 atom stereocenters. The molecule has 1 aliphatic rings. The smallest absolute Gasteiger partial charge is 0.252 e. The Kier molecular flexibility index (Phi) is 4.62. The summed E-state index contributed by atoms with van der Waals surface area (Å²) in [5, 5.41) is 8.66. The lowest BCUT2D eigenvalue weighted by molar-refractivity contribution is -0.152. The molecular formula is C10H17NO3. The van der Waals surface area contributed by atoms with E-state index in [4.69, 9.17) is 9.84 Å². The molecule has 0 saturated carbocycles. The molecule has 1 N–H and O–H groups in total. The van der Waals surface area contributed by atoms with Crippen molar-refractivity contribution in [3.63, 3.8) is 0 Å². The van der Waals surface area contributed by atoms with Gasteiger partial charge in [-0.3, -0.25) is 4.79 Å². The van der Waals surface area contributed by atoms with Gasteiger partial charge in [0.15, 0.2) is 0 Å². The van der Waals surface area contributed by atoms with Crippen molar-refractivity contribution in [1.29, 1.82) is 0 Å². The molecule has 14 heavy (non-hydrogen) atoms. The van der Waals surface area contributed by atoms with Crippen LogP contribution in [0.15, 0.2) is 12.7 Å². The normalized spacial score (nSPS) is 22.5. The van der Waals surface area contributed by atoms with E-state index < -0.39 is 0 Å². The number of carbonyl (C=O) groups excluding carboxylic acids is 1. The summed E-state index contributed by atoms with van der Waals surface area (Å²) in [4.78, 5) is 13.4. The first-order valence-electron chi connectivity index (χ1n) is 4.91. The second-order valence-corrected chi connectivity index (χ2v) is 3.30. The fraction of sp³-hybridized carbons (Fsp3) is 0.700. The van der Waals surface area contributed by atoms with Gasteiger partial charge in [0.05, 0.1) is 6.61 Å². The van der Waals surface area contributed by atoms with E-state index in [1.807, 2.05) is 0 Å². The SMILES string of the molecule is C=CCN1CCOC(CCCO)C1=O. The zero-order valence-electron chi connectivity index (χ0n) is 8.32. The van der Waals surface area contributed by atoms with E-state index in [9.17, 15) is 4.79 Å². The molecule has 1 fully saturated rings. The number of aliphatic hydroxyl groups excluding tert-OH is 1. The largest absolute Gasteiger partial charge is 0.396 e. The van der Waals surface area contributed by atoms with Crippen LogP contribution in [0.5, 0.6) is 0 Å². The predicted molar refractivity (Wildman–Crippen MR) is 52.8 cm³/mol. The number of carbonyl (C=O) groups is 1. The fourth-order valence-electron chi connectivity index (χ4n) is 1.51. The maximum absolute atomic E-state index is 11.7. The van der Waals surface area contributed by atoms with Crippen LogP contribution in [0.25, 0.3) is 0 Å². The van der Waals surface area contributed by atoms with Gasteiger partial charge in [0.2, 0.25) is 0 Å². The molecule has 0 aromatic rings. The Morgan fingerprint density at radius 2 is 2.50 bits per heavy atom. The van der Waals surface area contributed by atoms with E-state index in [2.05, 4.69) is 6.58 Å². The summed E-state index contributed by atoms with van der Waals surface area (Å²) in [6, 6.07) is 0. The Bertz CT molecular complexity index is 206. The lowest BCUT2D eigenvalue weighted by Crippen LogP contribution is -2.47. The van der Waals surface area contributed by atoms with Gasteiger partial charge in [-0.05, 0) is 12.8 Å². The van der Waals surface area contributed by atoms with Gasteiger partial charge >= 0.3 is 0 Å². The quantitative estimate of drug-likeness (QED) is 0.642. The van der Waals surface area contributed by atoms with Crippen molar-refractivity contribution in [3.8, 4) is 0 Å². The second-order valence-electron chi connectivity index (χ2n) is 3.30. The molecule has 0 spiro atoms. The highest BCUT2D eigenvalue weighted by Gasteiger charge is 2.27. The molecule has 0 bridgehead atoms. The van der Waals surface area contributed by atoms with Gasteiger partial charge in [0.1, 0.15) is 6.10 Å². The summed E-state index contributed by atoms with van der Waals surface area (Å²) in [6.07, 6.45) is 2.56. The average molecular weight is 199 g/mol. The molecule has 1 aliphatic heterocycles. The molecule has 0 aromatic carbocycles. The summed E-state index contributed by atoms with van der Waals surface area (Å²) in [6.45, 7) is 5.51. The molecule has 80 valence electrons. The molecule has 4 heteroatoms. The van der Waals surface area contributed by atoms with Crippen LogP contribution >= 0.6 is 0 Å². The number of aliphatic hydroxyl groups is 1. The van der Waals surface area contributed by atoms with Gasteiger partial charge in [0, 0.05) is 19.7 Å². The Labute approximate surface area is 84.2 Å². The van der Waals surface area contributed by atoms with E-state index in [1.54, 1.807) is 11.0 Å². The minimum Gasteiger partial charge on any atom is -0.396 e. The van der Waals surface area contributed by atoms with Crippen molar-refractivity contribution < 1.29 is 14.6 Å². The van der Waals surface area contributed by atoms with Gasteiger partial charge in [-0.15, -0.1) is 6.58 Å². The first-order valence-corrected chi connectivity index (χ1v) is 4.91. The molecule has 1 heterocycles. The van der Waals surface area contributed by atoms with E-state index >= 15 is 0 Å². The first-order chi connectivity index (χ1) is 6.79. The standard InChI is InChI=1S/C10H17NO3/c1-2-5-11-6-8-14-9(10(11)13)4-3-7-12/h2,9,12H,1,3-8H2. The van der Waals surface area contributed by atoms with Gasteiger partial charge in [0.25, 0.3) is 5.91 Å². The molecule has 1 unspecified atom stereocenters. The van der Waals surface area contributed by atoms with Crippen LogP contribution in [0.3, 0.4) is 0 Å². The van der Waals surface area contributed by atoms with E-state index in [0.29, 0.717) is 32.5 Å². The third-order valence-corrected chi connectivity index (χ3v) is 2.24. The number of hydrogen-bond acceptors (Lipinski definition) is 3. The summed E-state index contributed by atoms with van der Waals surface area (Å²) in [7, 11) is 0. The zero-order valence-corrected chi connectivity index (χ0v) is 8.32. The number of rotatable bonds is 5. The number of morpholine rings is 1. The summed E-state index contributed by atoms with van der Waals surface area (Å²) in [5.74, 6) is 0.0181. The summed E-state index contributed by atoms with van der Waals surface area (Å²) >= 11 is 0. The average Bonchev–Trinajstić information content (AvgIpc) is 2.20. The Morgan fingerprint density at radius 1 is 1.71 bits per heavy atom. The van der Waals surface area contributed by atoms with E-state index in [-0.39, 0.29) is 18.6 Å². The van der Waals surface area contributed by atoms with Gasteiger partial charge < -0.3 is 14.7 Å². The lowest BCUT2D eigenvalue weighted by Gasteiger charge is -2.31. The van der Waals surface area contributed by atoms with Crippen LogP contribution in [0.4, 0.5) is 0 Å². The molecule has 1 rings (SSSR count). The molecule has 4 nitrogen and oxygen atoms in total. The van der Waals surface area contributed by atoms with Crippen molar-refractivity contribution in [1.82, 2.24) is 4.90 Å². The fourth-order valence-corrected chi connectivity index (χ4v) is 1.51. The lowest BCUT2D eigenvalue weighted by atomic mass is 10.1. The highest BCUT2D eigenvalue weighted by molar-refractivity contribution is 5.81. The van der Waals surface area contributed by atoms with Crippen LogP contribution in [0.2, 0.25) is 0 Å². The molecule has 0 radical (unpaired) electrons. The third kappa shape index (κ3) is 2.82. The monoisotopic (exact) mass is 199 g/mol. The zero-order chi connectivity index (χ0) is 10.4. The minimum absolute atomic E-state index is 0.0181. The Hall–Kier alpha value is -0.870. The van der Waals surface area contributed by atoms with Crippen LogP contribution in [-0.2, 0) is 9.53 Å². The van der Waals surface area contributed by atoms with Gasteiger partial charge in [-0.1, -0.05) is 6.08 Å². The summed E-state index contributed by atoms with van der Waals surface area (Å²) < 4.78 is 5.33. The summed E-state index contributed by atoms with van der Waals surface area (Å²) in [5.41, 5.74) is 0. The molecule has 1 amide bonds. The van der Waals surface area contributed by atoms with Crippen LogP contribution in [0, 0.1) is 0 Å². The van der Waals surface area contributed by atoms with E-state index in [0.717, 1.165) is 0 Å². The number of hydrogen-bond donors (Lipinski definition) is 1. The second kappa shape index (κ2) is 5.78. The van der Waals surface area contributed by atoms with Crippen LogP contribution < -0.4 is 0 Å². The Morgan fingerprint density at radius 3 is 3.14 bits per heavy atom. The molecule has 1 saturated heterocycles. The third-order valence-electron chi connectivity index (χ3n) is 2.24. The number of nitrogens with zero attached hydrogens (tertiary/aromatic N) is 1. The van der Waals surface area contributed by atoms with Crippen LogP contribution in [-0.4, -0.2) is 48.3 Å². The first kappa shape index (κ1) is 11.2. The van der Waals surface area contributed by atoms with Crippen molar-refractivity contribution >= 4 is 5.91 Å². The highest BCUT2D eigenvalue weighted by atomic mass is 16.5. The number of amides is 1. The molecular weight excluding hydrogens is 182 g/mol. The molecule has 0 aromatic heterocycles. The Balaban J connectivity index is 2.43. The van der Waals surface area contributed by atoms with Crippen molar-refractivity contribution in [2.75, 3.05) is 26.3 Å². The van der Waals surface area contributed by atoms with Gasteiger partial charge in [-0.2, -0.15) is 0 Å². The van der Waals surface area contributed by atoms with Crippen molar-refractivity contribution in [2.24, 2.45) is 0 Å². The van der Waals surface area contributed by atoms with Crippen LogP contribution in [0.1, 0.15) is 12.8 Å². The van der Waals surface area contributed by atoms with Gasteiger partial charge in [-0.25, -0.2) is 0 Å². The highest BCUT2D eigenvalue weighted by Crippen LogP contribution is 2.11. The maximum Gasteiger partial charge on any atom is 0.252 e. The minimum atomic E-state index is -0.365. The van der Waals surface area contributed by atoms with Crippen molar-refractivity contribution in [3.05, 3.63) is 12.7 Å². The maximum atomic E-state index is 11.7. The molecule has 0 aliphatic carbocycles. The topological polar surface area (TPSA) is 49.8 Å². The van der Waals surface area contributed by atoms with E-state index in [1.165, 1.54) is 0 Å². The van der Waals surface area contributed by atoms with Crippen molar-refractivity contribution in [2.45, 2.75) is 18.9 Å².